The van der Waals surface area contributed by atoms with Gasteiger partial charge in [0.1, 0.15) is 12.2 Å². The summed E-state index contributed by atoms with van der Waals surface area (Å²) in [5.74, 6) is 0. The predicted molar refractivity (Wildman–Crippen MR) is 40.8 cm³/mol. The first-order valence-corrected chi connectivity index (χ1v) is 5.21. The molecule has 0 fully saturated rings. The second-order valence-electron chi connectivity index (χ2n) is 2.70. The highest BCUT2D eigenvalue weighted by Gasteiger charge is 2.06. The molecule has 1 aliphatic rings. The van der Waals surface area contributed by atoms with Gasteiger partial charge in [0.15, 0.2) is 0 Å². The lowest BCUT2D eigenvalue weighted by molar-refractivity contribution is -2.00. The first-order valence-electron chi connectivity index (χ1n) is 3.98. The van der Waals surface area contributed by atoms with E-state index in [1.807, 2.05) is 18.5 Å². The van der Waals surface area contributed by atoms with E-state index in [0.717, 1.165) is 6.54 Å². The van der Waals surface area contributed by atoms with E-state index >= 15 is 0 Å². The summed E-state index contributed by atoms with van der Waals surface area (Å²) in [7, 11) is -4.94. The maximum atomic E-state index is 8.49. The molecule has 0 saturated heterocycles. The van der Waals surface area contributed by atoms with Gasteiger partial charge in [0.25, 0.3) is 0 Å². The highest BCUT2D eigenvalue weighted by molar-refractivity contribution is 5.74. The van der Waals surface area contributed by atoms with Crippen molar-refractivity contribution in [3.8, 4) is 0 Å². The molecular formula is C8H9ClN2O4. The summed E-state index contributed by atoms with van der Waals surface area (Å²) in [6, 6.07) is 8.27. The van der Waals surface area contributed by atoms with Crippen LogP contribution in [0.5, 0.6) is 0 Å². The van der Waals surface area contributed by atoms with E-state index < -0.39 is 10.2 Å². The topological polar surface area (TPSA) is 118 Å². The zero-order chi connectivity index (χ0) is 11.3. The molecule has 0 spiro atoms. The molecule has 0 atom stereocenters. The number of para-hydroxylation sites is 1. The number of benzene rings is 1. The fraction of sp³-hybridized carbons (Fsp3) is 0.125. The molecule has 0 bridgehead atoms. The van der Waals surface area contributed by atoms with Gasteiger partial charge in [0, 0.05) is 5.56 Å². The van der Waals surface area contributed by atoms with Crippen LogP contribution >= 0.6 is 0 Å². The Kier molecular flexibility index (Phi) is 4.01. The van der Waals surface area contributed by atoms with Crippen molar-refractivity contribution in [1.82, 2.24) is 0 Å². The van der Waals surface area contributed by atoms with Crippen LogP contribution in [0, 0.1) is 10.2 Å². The molecule has 1 heterocycles. The zero-order valence-electron chi connectivity index (χ0n) is 7.60. The molecule has 0 aromatic heterocycles. The Balaban J connectivity index is 0.000000195. The third kappa shape index (κ3) is 5.31. The van der Waals surface area contributed by atoms with Crippen LogP contribution in [0.1, 0.15) is 5.56 Å². The molecule has 0 unspecified atom stereocenters. The third-order valence-electron chi connectivity index (χ3n) is 1.64. The monoisotopic (exact) mass is 232 g/mol. The zero-order valence-corrected chi connectivity index (χ0v) is 8.36. The lowest BCUT2D eigenvalue weighted by Crippen LogP contribution is -2.69. The van der Waals surface area contributed by atoms with Gasteiger partial charge in [-0.2, -0.15) is 0 Å². The Morgan fingerprint density at radius 3 is 2.33 bits per heavy atom. The van der Waals surface area contributed by atoms with Gasteiger partial charge < -0.3 is 0 Å². The lowest BCUT2D eigenvalue weighted by atomic mass is 10.1. The molecule has 1 aromatic rings. The molecule has 2 rings (SSSR count). The molecule has 2 N–H and O–H groups in total. The summed E-state index contributed by atoms with van der Waals surface area (Å²) in [5, 5.41) is 3.13. The van der Waals surface area contributed by atoms with E-state index in [-0.39, 0.29) is 0 Å². The van der Waals surface area contributed by atoms with Crippen molar-refractivity contribution < 1.29 is 33.9 Å². The Hall–Kier alpha value is -1.18. The highest BCUT2D eigenvalue weighted by atomic mass is 35.7. The van der Waals surface area contributed by atoms with Crippen LogP contribution in [0.4, 0.5) is 5.69 Å². The van der Waals surface area contributed by atoms with Gasteiger partial charge in [-0.1, -0.05) is 18.2 Å². The smallest absolute Gasteiger partial charge is 0.235 e. The van der Waals surface area contributed by atoms with Crippen molar-refractivity contribution in [3.63, 3.8) is 0 Å². The number of fused-ring (bicyclic) bond motifs is 1. The summed E-state index contributed by atoms with van der Waals surface area (Å²) in [6.07, 6.45) is 1.86. The number of rotatable bonds is 0. The molecule has 0 aliphatic carbocycles. The van der Waals surface area contributed by atoms with Crippen LogP contribution in [-0.2, 0) is 6.54 Å². The van der Waals surface area contributed by atoms with E-state index in [4.69, 9.17) is 18.6 Å². The molecule has 0 saturated carbocycles. The van der Waals surface area contributed by atoms with E-state index in [0.29, 0.717) is 0 Å². The van der Waals surface area contributed by atoms with Crippen molar-refractivity contribution >= 4 is 12.0 Å². The summed E-state index contributed by atoms with van der Waals surface area (Å²) >= 11 is 0. The minimum Gasteiger partial charge on any atom is -0.276 e. The second kappa shape index (κ2) is 5.06. The van der Waals surface area contributed by atoms with Crippen LogP contribution in [0.3, 0.4) is 0 Å². The molecular weight excluding hydrogens is 224 g/mol. The summed E-state index contributed by atoms with van der Waals surface area (Å²) in [4.78, 5) is 3.10. The van der Waals surface area contributed by atoms with Crippen LogP contribution in [0.2, 0.25) is 0 Å². The number of anilines is 1. The number of hydrogen-bond acceptors (Lipinski definition) is 5. The van der Waals surface area contributed by atoms with Gasteiger partial charge in [0.2, 0.25) is 6.34 Å². The van der Waals surface area contributed by atoms with Crippen molar-refractivity contribution in [2.24, 2.45) is 0 Å². The molecule has 82 valence electrons. The first kappa shape index (κ1) is 11.9. The van der Waals surface area contributed by atoms with Gasteiger partial charge >= 0.3 is 0 Å². The molecule has 7 heteroatoms. The van der Waals surface area contributed by atoms with E-state index in [1.54, 1.807) is 0 Å². The SMILES string of the molecule is C1=[NH+]Cc2ccccc2N1.[O-][Cl+3]([O-])([O-])[O-]. The van der Waals surface area contributed by atoms with Crippen LogP contribution in [-0.4, -0.2) is 6.34 Å². The van der Waals surface area contributed by atoms with Gasteiger partial charge in [-0.3, -0.25) is 4.99 Å². The Labute approximate surface area is 88.2 Å². The van der Waals surface area contributed by atoms with E-state index in [2.05, 4.69) is 22.4 Å². The van der Waals surface area contributed by atoms with Crippen LogP contribution < -0.4 is 28.9 Å². The van der Waals surface area contributed by atoms with Gasteiger partial charge in [-0.25, -0.2) is 24.0 Å². The van der Waals surface area contributed by atoms with Crippen molar-refractivity contribution in [1.29, 1.82) is 0 Å². The Bertz CT molecular complexity index is 318. The first-order chi connectivity index (χ1) is 6.97. The van der Waals surface area contributed by atoms with E-state index in [9.17, 15) is 0 Å². The minimum absolute atomic E-state index is 0.934. The highest BCUT2D eigenvalue weighted by Crippen LogP contribution is 2.12. The molecule has 6 nitrogen and oxygen atoms in total. The predicted octanol–water partition coefficient (Wildman–Crippen LogP) is -5.03. The number of nitrogens with one attached hydrogen (secondary N) is 2. The Morgan fingerprint density at radius 2 is 1.73 bits per heavy atom. The summed E-state index contributed by atoms with van der Waals surface area (Å²) in [5.41, 5.74) is 2.53. The van der Waals surface area contributed by atoms with Gasteiger partial charge in [0.05, 0.1) is 0 Å². The molecule has 0 amide bonds. The van der Waals surface area contributed by atoms with Crippen LogP contribution in [0.15, 0.2) is 24.3 Å². The van der Waals surface area contributed by atoms with Crippen molar-refractivity contribution in [2.45, 2.75) is 6.54 Å². The summed E-state index contributed by atoms with van der Waals surface area (Å²) < 4.78 is 34.0. The van der Waals surface area contributed by atoms with E-state index in [1.165, 1.54) is 11.3 Å². The molecule has 1 aliphatic heterocycles. The normalized spacial score (nSPS) is 13.3. The van der Waals surface area contributed by atoms with Gasteiger partial charge in [-0.15, -0.1) is 10.2 Å². The lowest BCUT2D eigenvalue weighted by Gasteiger charge is -2.17. The molecule has 15 heavy (non-hydrogen) atoms. The van der Waals surface area contributed by atoms with Gasteiger partial charge in [-0.05, 0) is 6.07 Å². The standard InChI is InChI=1S/C8H8N2.ClHO4/c1-2-4-8-7(3-1)5-9-6-10-8;2-1(3,4)5/h1-4,6H,5H2,(H,9,10);(H,2,3,4,5). The van der Waals surface area contributed by atoms with Crippen LogP contribution in [0.25, 0.3) is 0 Å². The second-order valence-corrected chi connectivity index (χ2v) is 3.46. The molecule has 0 radical (unpaired) electrons. The maximum absolute atomic E-state index is 8.49. The maximum Gasteiger partial charge on any atom is 0.235 e. The largest absolute Gasteiger partial charge is 0.276 e. The Morgan fingerprint density at radius 1 is 1.13 bits per heavy atom. The quantitative estimate of drug-likeness (QED) is 0.464. The number of hydrogen-bond donors (Lipinski definition) is 2. The fourth-order valence-electron chi connectivity index (χ4n) is 1.11. The molecule has 1 aromatic carbocycles. The average Bonchev–Trinajstić information content (AvgIpc) is 2.16. The van der Waals surface area contributed by atoms with Crippen molar-refractivity contribution in [3.05, 3.63) is 29.8 Å². The van der Waals surface area contributed by atoms with Crippen molar-refractivity contribution in [2.75, 3.05) is 5.32 Å². The minimum atomic E-state index is -4.94. The number of halogens is 1. The average molecular weight is 233 g/mol. The summed E-state index contributed by atoms with van der Waals surface area (Å²) in [6.45, 7) is 0.934. The fourth-order valence-corrected chi connectivity index (χ4v) is 1.11. The third-order valence-corrected chi connectivity index (χ3v) is 1.64.